The van der Waals surface area contributed by atoms with E-state index in [0.717, 1.165) is 5.92 Å². The van der Waals surface area contributed by atoms with Gasteiger partial charge < -0.3 is 15.8 Å². The third-order valence-electron chi connectivity index (χ3n) is 3.55. The number of rotatable bonds is 4. The monoisotopic (exact) mass is 264 g/mol. The fraction of sp³-hybridized carbons (Fsp3) is 0.714. The van der Waals surface area contributed by atoms with Gasteiger partial charge in [0.1, 0.15) is 12.0 Å². The van der Waals surface area contributed by atoms with Crippen LogP contribution in [-0.4, -0.2) is 22.1 Å². The second-order valence-electron chi connectivity index (χ2n) is 5.71. The maximum atomic E-state index is 6.06. The zero-order valence-corrected chi connectivity index (χ0v) is 12.0. The van der Waals surface area contributed by atoms with Crippen LogP contribution in [0.2, 0.25) is 0 Å². The van der Waals surface area contributed by atoms with E-state index >= 15 is 0 Å². The standard InChI is InChI=1S/C14H24N4O/c1-9(2)19-14-12(15)13(16-8-17-14)18-11-6-4-10(3)5-7-11/h8-11H,4-7,15H2,1-3H3,(H,16,17,18). The summed E-state index contributed by atoms with van der Waals surface area (Å²) in [6, 6.07) is 0.459. The fourth-order valence-corrected chi connectivity index (χ4v) is 2.41. The lowest BCUT2D eigenvalue weighted by Gasteiger charge is -2.27. The number of nitrogen functional groups attached to an aromatic ring is 1. The van der Waals surface area contributed by atoms with Crippen LogP contribution in [0.5, 0.6) is 5.88 Å². The molecule has 0 spiro atoms. The molecule has 0 aromatic carbocycles. The van der Waals surface area contributed by atoms with E-state index in [1.807, 2.05) is 13.8 Å². The molecule has 1 heterocycles. The first-order valence-electron chi connectivity index (χ1n) is 7.10. The molecule has 0 aliphatic heterocycles. The lowest BCUT2D eigenvalue weighted by atomic mass is 9.87. The summed E-state index contributed by atoms with van der Waals surface area (Å²) in [5.74, 6) is 2.00. The van der Waals surface area contributed by atoms with Crippen LogP contribution in [0.15, 0.2) is 6.33 Å². The number of ether oxygens (including phenoxy) is 1. The Morgan fingerprint density at radius 2 is 1.95 bits per heavy atom. The molecule has 1 aliphatic rings. The first-order chi connectivity index (χ1) is 9.06. The number of anilines is 2. The maximum absolute atomic E-state index is 6.06. The number of nitrogens with zero attached hydrogens (tertiary/aromatic N) is 2. The Labute approximate surface area is 115 Å². The van der Waals surface area contributed by atoms with Crippen LogP contribution in [0.1, 0.15) is 46.5 Å². The van der Waals surface area contributed by atoms with E-state index in [4.69, 9.17) is 10.5 Å². The number of hydrogen-bond donors (Lipinski definition) is 2. The van der Waals surface area contributed by atoms with Gasteiger partial charge in [-0.3, -0.25) is 0 Å². The van der Waals surface area contributed by atoms with Crippen molar-refractivity contribution < 1.29 is 4.74 Å². The summed E-state index contributed by atoms with van der Waals surface area (Å²) >= 11 is 0. The van der Waals surface area contributed by atoms with E-state index in [1.165, 1.54) is 32.0 Å². The smallest absolute Gasteiger partial charge is 0.242 e. The highest BCUT2D eigenvalue weighted by atomic mass is 16.5. The van der Waals surface area contributed by atoms with Gasteiger partial charge in [0, 0.05) is 6.04 Å². The third-order valence-corrected chi connectivity index (χ3v) is 3.55. The Hall–Kier alpha value is -1.52. The van der Waals surface area contributed by atoms with Crippen LogP contribution in [0.25, 0.3) is 0 Å². The average Bonchev–Trinajstić information content (AvgIpc) is 2.36. The summed E-state index contributed by atoms with van der Waals surface area (Å²) in [6.45, 7) is 6.22. The molecule has 0 amide bonds. The zero-order valence-electron chi connectivity index (χ0n) is 12.0. The molecule has 0 bridgehead atoms. The predicted octanol–water partition coefficient (Wildman–Crippen LogP) is 2.84. The molecule has 0 atom stereocenters. The first kappa shape index (κ1) is 13.9. The second kappa shape index (κ2) is 6.08. The highest BCUT2D eigenvalue weighted by Gasteiger charge is 2.20. The van der Waals surface area contributed by atoms with Crippen molar-refractivity contribution in [3.05, 3.63) is 6.33 Å². The zero-order chi connectivity index (χ0) is 13.8. The Balaban J connectivity index is 2.04. The van der Waals surface area contributed by atoms with Crippen molar-refractivity contribution in [2.45, 2.75) is 58.6 Å². The molecule has 1 aliphatic carbocycles. The number of hydrogen-bond acceptors (Lipinski definition) is 5. The number of aromatic nitrogens is 2. The van der Waals surface area contributed by atoms with Gasteiger partial charge in [0.2, 0.25) is 5.88 Å². The Morgan fingerprint density at radius 3 is 2.58 bits per heavy atom. The van der Waals surface area contributed by atoms with Crippen molar-refractivity contribution in [1.82, 2.24) is 9.97 Å². The summed E-state index contributed by atoms with van der Waals surface area (Å²) < 4.78 is 5.58. The highest BCUT2D eigenvalue weighted by molar-refractivity contribution is 5.66. The molecule has 19 heavy (non-hydrogen) atoms. The molecular weight excluding hydrogens is 240 g/mol. The van der Waals surface area contributed by atoms with Crippen molar-refractivity contribution in [3.63, 3.8) is 0 Å². The fourth-order valence-electron chi connectivity index (χ4n) is 2.41. The van der Waals surface area contributed by atoms with Crippen LogP contribution in [0.3, 0.4) is 0 Å². The van der Waals surface area contributed by atoms with Crippen molar-refractivity contribution in [2.24, 2.45) is 5.92 Å². The van der Waals surface area contributed by atoms with Crippen LogP contribution in [0.4, 0.5) is 11.5 Å². The van der Waals surface area contributed by atoms with Crippen LogP contribution in [0, 0.1) is 5.92 Å². The Kier molecular flexibility index (Phi) is 4.45. The molecule has 5 heteroatoms. The molecule has 1 aromatic rings. The van der Waals surface area contributed by atoms with Crippen molar-refractivity contribution in [1.29, 1.82) is 0 Å². The Bertz CT molecular complexity index is 414. The minimum atomic E-state index is 0.0561. The summed E-state index contributed by atoms with van der Waals surface area (Å²) in [4.78, 5) is 8.32. The van der Waals surface area contributed by atoms with Gasteiger partial charge in [-0.2, -0.15) is 4.98 Å². The molecule has 1 saturated carbocycles. The molecule has 2 rings (SSSR count). The van der Waals surface area contributed by atoms with Gasteiger partial charge in [-0.1, -0.05) is 6.92 Å². The summed E-state index contributed by atoms with van der Waals surface area (Å²) in [5.41, 5.74) is 6.57. The lowest BCUT2D eigenvalue weighted by Crippen LogP contribution is -2.26. The molecule has 5 nitrogen and oxygen atoms in total. The van der Waals surface area contributed by atoms with Crippen LogP contribution >= 0.6 is 0 Å². The second-order valence-corrected chi connectivity index (χ2v) is 5.71. The van der Waals surface area contributed by atoms with Crippen molar-refractivity contribution in [2.75, 3.05) is 11.1 Å². The normalized spacial score (nSPS) is 23.4. The summed E-state index contributed by atoms with van der Waals surface area (Å²) in [7, 11) is 0. The quantitative estimate of drug-likeness (QED) is 0.874. The van der Waals surface area contributed by atoms with Crippen LogP contribution in [-0.2, 0) is 0 Å². The van der Waals surface area contributed by atoms with Crippen molar-refractivity contribution >= 4 is 11.5 Å². The van der Waals surface area contributed by atoms with Gasteiger partial charge in [-0.05, 0) is 45.4 Å². The topological polar surface area (TPSA) is 73.1 Å². The van der Waals surface area contributed by atoms with Gasteiger partial charge in [0.15, 0.2) is 5.82 Å². The minimum Gasteiger partial charge on any atom is -0.473 e. The highest BCUT2D eigenvalue weighted by Crippen LogP contribution is 2.30. The maximum Gasteiger partial charge on any atom is 0.242 e. The SMILES string of the molecule is CC1CCC(Nc2ncnc(OC(C)C)c2N)CC1. The van der Waals surface area contributed by atoms with Gasteiger partial charge in [0.25, 0.3) is 0 Å². The molecule has 1 fully saturated rings. The third kappa shape index (κ3) is 3.72. The van der Waals surface area contributed by atoms with E-state index < -0.39 is 0 Å². The molecule has 3 N–H and O–H groups in total. The number of nitrogens with two attached hydrogens (primary N) is 1. The van der Waals surface area contributed by atoms with E-state index in [-0.39, 0.29) is 6.10 Å². The van der Waals surface area contributed by atoms with Crippen molar-refractivity contribution in [3.8, 4) is 5.88 Å². The molecule has 0 unspecified atom stereocenters. The van der Waals surface area contributed by atoms with E-state index in [1.54, 1.807) is 0 Å². The van der Waals surface area contributed by atoms with E-state index in [9.17, 15) is 0 Å². The minimum absolute atomic E-state index is 0.0561. The molecule has 1 aromatic heterocycles. The van der Waals surface area contributed by atoms with E-state index in [0.29, 0.717) is 23.4 Å². The predicted molar refractivity (Wildman–Crippen MR) is 77.3 cm³/mol. The van der Waals surface area contributed by atoms with E-state index in [2.05, 4.69) is 22.2 Å². The van der Waals surface area contributed by atoms with Crippen LogP contribution < -0.4 is 15.8 Å². The molecule has 0 radical (unpaired) electrons. The average molecular weight is 264 g/mol. The summed E-state index contributed by atoms with van der Waals surface area (Å²) in [6.07, 6.45) is 6.42. The lowest BCUT2D eigenvalue weighted by molar-refractivity contribution is 0.234. The Morgan fingerprint density at radius 1 is 1.26 bits per heavy atom. The van der Waals surface area contributed by atoms with Gasteiger partial charge in [-0.25, -0.2) is 4.98 Å². The summed E-state index contributed by atoms with van der Waals surface area (Å²) in [5, 5.41) is 3.43. The van der Waals surface area contributed by atoms with Gasteiger partial charge in [0.05, 0.1) is 6.10 Å². The van der Waals surface area contributed by atoms with Gasteiger partial charge in [-0.15, -0.1) is 0 Å². The largest absolute Gasteiger partial charge is 0.473 e. The molecular formula is C14H24N4O. The first-order valence-corrected chi connectivity index (χ1v) is 7.10. The molecule has 0 saturated heterocycles. The molecule has 106 valence electrons. The van der Waals surface area contributed by atoms with Gasteiger partial charge >= 0.3 is 0 Å². The number of nitrogens with one attached hydrogen (secondary N) is 1.